The fourth-order valence-electron chi connectivity index (χ4n) is 24.8. The molecule has 24 atom stereocenters. The van der Waals surface area contributed by atoms with Gasteiger partial charge in [0.1, 0.15) is 58.7 Å². The van der Waals surface area contributed by atoms with Gasteiger partial charge in [-0.05, 0) is 245 Å². The molecule has 0 radical (unpaired) electrons. The van der Waals surface area contributed by atoms with Gasteiger partial charge in [0.05, 0.1) is 92.3 Å². The Morgan fingerprint density at radius 3 is 1.36 bits per heavy atom. The number of fused-ring (bicyclic) bond motifs is 6. The third-order valence-electron chi connectivity index (χ3n) is 30.7. The fraction of sp³-hybridized carbons (Fsp3) is 0.819. The number of nitrogens with one attached hydrogen (secondary N) is 6. The molecule has 33 nitrogen and oxygen atoms in total. The molecule has 3 aromatic heterocycles. The van der Waals surface area contributed by atoms with Crippen molar-refractivity contribution in [3.05, 3.63) is 61.1 Å². The van der Waals surface area contributed by atoms with Crippen LogP contribution in [0, 0.1) is 55.3 Å². The van der Waals surface area contributed by atoms with Crippen molar-refractivity contribution in [3.63, 3.8) is 0 Å². The van der Waals surface area contributed by atoms with Crippen LogP contribution in [0.2, 0.25) is 27.3 Å². The van der Waals surface area contributed by atoms with Crippen molar-refractivity contribution in [1.29, 1.82) is 0 Å². The Morgan fingerprint density at radius 2 is 0.909 bits per heavy atom. The van der Waals surface area contributed by atoms with Crippen LogP contribution in [0.4, 0.5) is 11.8 Å². The summed E-state index contributed by atoms with van der Waals surface area (Å²) >= 11 is 1.56. The van der Waals surface area contributed by atoms with Crippen molar-refractivity contribution in [2.24, 2.45) is 47.2 Å². The van der Waals surface area contributed by atoms with Crippen molar-refractivity contribution >= 4 is 67.3 Å². The Kier molecular flexibility index (Phi) is 32.1. The van der Waals surface area contributed by atoms with Gasteiger partial charge >= 0.3 is 28.2 Å². The number of ketones is 1. The van der Waals surface area contributed by atoms with E-state index in [1.165, 1.54) is 12.8 Å². The molecular weight excluding hydrogens is 1710 g/mol. The summed E-state index contributed by atoms with van der Waals surface area (Å²) in [6.07, 6.45) is 26.1. The number of ether oxygens (including phenoxy) is 10. The number of nitrogens with two attached hydrogens (primary N) is 1. The fourth-order valence-corrected chi connectivity index (χ4v) is 25.9. The van der Waals surface area contributed by atoms with Gasteiger partial charge in [-0.1, -0.05) is 62.8 Å². The predicted molar refractivity (Wildman–Crippen MR) is 506 cm³/mol. The minimum atomic E-state index is -1.01. The maximum atomic E-state index is 11.6. The van der Waals surface area contributed by atoms with Gasteiger partial charge in [0.25, 0.3) is 0 Å². The molecule has 3 aromatic rings. The molecule has 0 unspecified atom stereocenters. The molecule has 11 aliphatic carbocycles. The first-order valence-corrected chi connectivity index (χ1v) is 50.0. The van der Waals surface area contributed by atoms with Gasteiger partial charge in [-0.2, -0.15) is 4.98 Å². The second-order valence-corrected chi connectivity index (χ2v) is 44.7. The van der Waals surface area contributed by atoms with E-state index in [-0.39, 0.29) is 133 Å². The maximum absolute atomic E-state index is 11.6. The number of thiazole rings is 1. The smallest absolute Gasteiger partial charge is 0.373 e. The summed E-state index contributed by atoms with van der Waals surface area (Å²) in [6.45, 7) is 39.5. The van der Waals surface area contributed by atoms with Gasteiger partial charge in [0.15, 0.2) is 28.9 Å². The largest absolute Gasteiger partial charge is 0.437 e. The lowest BCUT2D eigenvalue weighted by Gasteiger charge is -2.36. The predicted octanol–water partition coefficient (Wildman–Crippen LogP) is 7.81. The lowest BCUT2D eigenvalue weighted by atomic mass is 9.79. The normalized spacial score (nSPS) is 36.8. The summed E-state index contributed by atoms with van der Waals surface area (Å²) in [5, 5.41) is 135. The van der Waals surface area contributed by atoms with Gasteiger partial charge in [-0.25, -0.2) is 9.97 Å². The Bertz CT molecular complexity index is 4370. The number of aromatic nitrogens is 4. The number of nitrogens with zero attached hydrogens (tertiary/aromatic N) is 4. The molecule has 0 amide bonds. The molecule has 736 valence electrons. The van der Waals surface area contributed by atoms with Crippen molar-refractivity contribution in [2.45, 2.75) is 438 Å². The number of aryl methyl sites for hydroxylation is 2. The number of anilines is 2. The Morgan fingerprint density at radius 1 is 0.515 bits per heavy atom. The summed E-state index contributed by atoms with van der Waals surface area (Å²) in [5.74, 6) is -1.56. The summed E-state index contributed by atoms with van der Waals surface area (Å²) in [4.78, 5) is 30.4. The molecule has 0 aromatic carbocycles. The third-order valence-corrected chi connectivity index (χ3v) is 31.8. The van der Waals surface area contributed by atoms with Gasteiger partial charge in [0, 0.05) is 78.5 Å². The zero-order valence-corrected chi connectivity index (χ0v) is 81.8. The van der Waals surface area contributed by atoms with Gasteiger partial charge in [0.2, 0.25) is 5.95 Å². The quantitative estimate of drug-likeness (QED) is 0.0300. The molecule has 38 heteroatoms. The molecule has 5 saturated heterocycles. The van der Waals surface area contributed by atoms with E-state index in [0.29, 0.717) is 75.5 Å². The van der Waals surface area contributed by atoms with Crippen LogP contribution in [0.5, 0.6) is 0 Å². The van der Waals surface area contributed by atoms with E-state index in [1.54, 1.807) is 63.9 Å². The van der Waals surface area contributed by atoms with Crippen molar-refractivity contribution < 1.29 is 108 Å². The maximum Gasteiger partial charge on any atom is 0.373 e. The van der Waals surface area contributed by atoms with Crippen LogP contribution in [0.1, 0.15) is 242 Å². The van der Waals surface area contributed by atoms with Crippen LogP contribution in [0.3, 0.4) is 0 Å². The highest BCUT2D eigenvalue weighted by Gasteiger charge is 2.65. The third kappa shape index (κ3) is 23.3. The second kappa shape index (κ2) is 40.8. The summed E-state index contributed by atoms with van der Waals surface area (Å²) in [5.41, 5.74) is 5.65. The topological polar surface area (TPSA) is 482 Å². The minimum absolute atomic E-state index is 0.00333. The van der Waals surface area contributed by atoms with Crippen LogP contribution < -0.4 is 37.3 Å². The van der Waals surface area contributed by atoms with Gasteiger partial charge < -0.3 is 140 Å². The highest BCUT2D eigenvalue weighted by Crippen LogP contribution is 2.56. The highest BCUT2D eigenvalue weighted by molar-refractivity contribution is 7.21. The Labute approximate surface area is 785 Å². The van der Waals surface area contributed by atoms with Crippen LogP contribution >= 0.6 is 11.3 Å². The lowest BCUT2D eigenvalue weighted by Crippen LogP contribution is -2.46. The molecule has 8 heterocycles. The number of hydrogen-bond acceptors (Lipinski definition) is 34. The molecule has 0 spiro atoms. The second-order valence-electron chi connectivity index (χ2n) is 43.6. The first kappa shape index (κ1) is 104. The monoisotopic (exact) mass is 1870 g/mol. The molecule has 132 heavy (non-hydrogen) atoms. The van der Waals surface area contributed by atoms with E-state index in [9.17, 15) is 60.6 Å². The van der Waals surface area contributed by atoms with E-state index in [4.69, 9.17) is 68.1 Å². The first-order chi connectivity index (χ1) is 61.9. The molecular formula is C94H155B4N11O22S. The number of carbonyl (C=O) groups excluding carboxylic acids is 1. The van der Waals surface area contributed by atoms with Crippen LogP contribution in [0.25, 0.3) is 20.8 Å². The van der Waals surface area contributed by atoms with Crippen molar-refractivity contribution in [3.8, 4) is 10.6 Å². The number of pyridine rings is 1. The summed E-state index contributed by atoms with van der Waals surface area (Å²) in [7, 11) is -2.42. The number of carbonyl (C=O) groups is 1. The van der Waals surface area contributed by atoms with Gasteiger partial charge in [-0.15, -0.1) is 24.5 Å². The van der Waals surface area contributed by atoms with Crippen molar-refractivity contribution in [2.75, 3.05) is 17.2 Å². The van der Waals surface area contributed by atoms with E-state index in [0.717, 1.165) is 122 Å². The molecule has 0 bridgehead atoms. The molecule has 19 N–H and O–H groups in total. The highest BCUT2D eigenvalue weighted by atomic mass is 32.1. The first-order valence-electron chi connectivity index (χ1n) is 49.1. The molecule has 5 aliphatic heterocycles. The number of aliphatic hydroxyl groups excluding tert-OH is 2. The van der Waals surface area contributed by atoms with Crippen LogP contribution in [-0.4, -0.2) is 283 Å². The molecule has 16 aliphatic rings. The van der Waals surface area contributed by atoms with Crippen LogP contribution in [-0.2, 0) is 52.2 Å². The zero-order valence-electron chi connectivity index (χ0n) is 81.0. The number of Topliss-reactive ketones (excluding diaryl/α,β-unsaturated/α-hetero) is 1. The average molecular weight is 1870 g/mol. The lowest BCUT2D eigenvalue weighted by molar-refractivity contribution is -0.170. The molecule has 10 saturated carbocycles. The Hall–Kier alpha value is -4.17. The van der Waals surface area contributed by atoms with E-state index in [2.05, 4.69) is 49.7 Å². The number of rotatable bonds is 24. The Balaban J connectivity index is 0.000000131. The van der Waals surface area contributed by atoms with Crippen LogP contribution in [0.15, 0.2) is 49.7 Å². The SMILES string of the molecule is C=CCC(O)(CC=C)[C@H]1C[C@@H](NB(C)O)[C@@H]2OC(C)(C)O[C@@H]21.CB(O)N[C@@H]1C[C@H](C(C)=O)[C@H]2OC(C)(C)O[C@H]21.CB(O)N[C@@H]1C[C@H](C2(O)CC=CC2)[C@H]2OC(C)(C)O[C@H]21.CB(O)N[C@@H]1C[C@H](C2(O)CCCC2)[C@H]2OC(C)(C)O[C@H]21.CC1(C)O[C@@H]2[C@H](O1)[C@@H](C1(O)CCCC1)C[C@H]2N.Cc1nc(NCC2CC2)nc(N[C@@H]2C[C@H](C3(O)CCCC3)[C@@H](O)[C@H]2O)c1-c1nc2c(C)nccc2s1. The standard InChI is InChI=1S/C26H34N6O3S.C16H28BNO4.C14H26BNO4.C14H24BNO4.C13H23NO3.C11H20BNO4/c1-13-19(24-31-20-14(2)27-10-7-18(20)36-24)23(32-25(29-13)28-12-15-5-6-15)30-17-11-16(21(33)22(17)34)26(35)8-3-4-9-26;1-6-8-16(19,9-7-2)11-10-12(18-17(5)20)14-13(11)21-15(3,4)22-14;2*1-13(2)19-11-9(14(17)6-4-5-7-14)8-10(12(11)20-13)16-15(3)18;1-12(2)16-10-8(7-9(14)11(10)17-12)13(15)5-3-4-6-13;1-6(14)7-5-8(13-12(4)15)10-9(7)16-11(2,3)17-10/h7,10,15-17,21-22,33-35H,3-6,8-9,11-12H2,1-2H3,(H2,28,29,30,32);6-7,11-14,18-20H,1-2,8-10H2,3-5H3;9-12,16-18H,4-8H2,1-3H3;4-5,9-12,16-18H,6-8H2,1-3H3;8-11,15H,3-7,14H2,1-2H3;7-10,13,15H,5H2,1-4H3/t16-,17+,21+,22-;11-,12+,13+,14-;2*9-,10+,11+,12-;8-,9+,10+,11-;7-,8-,9-,10+/m000001/s1. The van der Waals surface area contributed by atoms with E-state index in [1.807, 2.05) is 101 Å². The van der Waals surface area contributed by atoms with E-state index < -0.39 is 103 Å². The summed E-state index contributed by atoms with van der Waals surface area (Å²) in [6, 6.07) is 1.47. The number of aliphatic hydroxyl groups is 7. The molecule has 15 fully saturated rings. The number of hydrogen-bond donors (Lipinski definition) is 18. The van der Waals surface area contributed by atoms with Crippen molar-refractivity contribution in [1.82, 2.24) is 40.8 Å². The van der Waals surface area contributed by atoms with Gasteiger partial charge in [-0.3, -0.25) is 9.78 Å². The van der Waals surface area contributed by atoms with E-state index >= 15 is 0 Å². The summed E-state index contributed by atoms with van der Waals surface area (Å²) < 4.78 is 60.7. The zero-order chi connectivity index (χ0) is 95.7. The average Bonchev–Trinajstić information content (AvgIpc) is 1.59. The molecule has 19 rings (SSSR count). The minimum Gasteiger partial charge on any atom is -0.437 e.